The zero-order valence-corrected chi connectivity index (χ0v) is 25.6. The van der Waals surface area contributed by atoms with E-state index in [9.17, 15) is 9.59 Å². The quantitative estimate of drug-likeness (QED) is 0.102. The third-order valence-electron chi connectivity index (χ3n) is 7.05. The van der Waals surface area contributed by atoms with Gasteiger partial charge in [-0.2, -0.15) is 0 Å². The Balaban J connectivity index is 1.16. The van der Waals surface area contributed by atoms with Crippen LogP contribution in [0.25, 0.3) is 22.9 Å². The lowest BCUT2D eigenvalue weighted by Gasteiger charge is -2.12. The van der Waals surface area contributed by atoms with Crippen LogP contribution in [-0.2, 0) is 0 Å². The first-order valence-electron chi connectivity index (χ1n) is 14.8. The van der Waals surface area contributed by atoms with E-state index in [1.807, 2.05) is 27.7 Å². The van der Waals surface area contributed by atoms with Crippen molar-refractivity contribution in [2.45, 2.75) is 52.7 Å². The Bertz CT molecular complexity index is 1580. The molecule has 1 aromatic heterocycles. The number of nitrogens with zero attached hydrogens (tertiary/aromatic N) is 2. The van der Waals surface area contributed by atoms with E-state index in [-0.39, 0.29) is 12.2 Å². The highest BCUT2D eigenvalue weighted by atomic mass is 16.5. The molecule has 0 aliphatic carbocycles. The second kappa shape index (κ2) is 14.4. The van der Waals surface area contributed by atoms with Gasteiger partial charge in [-0.15, -0.1) is 10.2 Å². The minimum atomic E-state index is -0.475. The number of carbonyl (C=O) groups excluding carboxylic acids is 2. The van der Waals surface area contributed by atoms with Gasteiger partial charge in [-0.1, -0.05) is 13.8 Å². The first-order chi connectivity index (χ1) is 21.8. The Hall–Kier alpha value is -5.44. The van der Waals surface area contributed by atoms with Crippen molar-refractivity contribution in [3.05, 3.63) is 108 Å². The van der Waals surface area contributed by atoms with Gasteiger partial charge in [0, 0.05) is 11.1 Å². The predicted octanol–water partition coefficient (Wildman–Crippen LogP) is 8.20. The van der Waals surface area contributed by atoms with Gasteiger partial charge in [-0.25, -0.2) is 9.59 Å². The summed E-state index contributed by atoms with van der Waals surface area (Å²) in [6.07, 6.45) is 1.98. The van der Waals surface area contributed by atoms with Crippen molar-refractivity contribution in [2.24, 2.45) is 0 Å². The Morgan fingerprint density at radius 1 is 0.556 bits per heavy atom. The summed E-state index contributed by atoms with van der Waals surface area (Å²) in [6.45, 7) is 8.08. The molecule has 9 heteroatoms. The maximum absolute atomic E-state index is 12.6. The third kappa shape index (κ3) is 8.14. The van der Waals surface area contributed by atoms with Crippen molar-refractivity contribution in [3.8, 4) is 45.9 Å². The summed E-state index contributed by atoms with van der Waals surface area (Å²) in [5, 5.41) is 8.29. The third-order valence-corrected chi connectivity index (χ3v) is 7.05. The second-order valence-electron chi connectivity index (χ2n) is 10.5. The molecule has 0 saturated heterocycles. The normalized spacial score (nSPS) is 12.2. The first kappa shape index (κ1) is 31.0. The fourth-order valence-electron chi connectivity index (χ4n) is 4.09. The number of hydrogen-bond acceptors (Lipinski definition) is 9. The molecule has 45 heavy (non-hydrogen) atoms. The van der Waals surface area contributed by atoms with Gasteiger partial charge >= 0.3 is 11.9 Å². The molecule has 0 amide bonds. The van der Waals surface area contributed by atoms with Gasteiger partial charge in [-0.05, 0) is 124 Å². The van der Waals surface area contributed by atoms with Crippen LogP contribution >= 0.6 is 0 Å². The zero-order valence-electron chi connectivity index (χ0n) is 25.6. The van der Waals surface area contributed by atoms with Crippen LogP contribution in [0.2, 0.25) is 0 Å². The Labute approximate surface area is 261 Å². The fourth-order valence-corrected chi connectivity index (χ4v) is 4.09. The summed E-state index contributed by atoms with van der Waals surface area (Å²) in [7, 11) is 0. The van der Waals surface area contributed by atoms with E-state index in [2.05, 4.69) is 10.2 Å². The molecule has 1 heterocycles. The van der Waals surface area contributed by atoms with Gasteiger partial charge < -0.3 is 23.4 Å². The molecule has 0 bridgehead atoms. The van der Waals surface area contributed by atoms with Crippen molar-refractivity contribution in [3.63, 3.8) is 0 Å². The average Bonchev–Trinajstić information content (AvgIpc) is 3.56. The molecule has 0 N–H and O–H groups in total. The van der Waals surface area contributed by atoms with Crippen LogP contribution < -0.4 is 18.9 Å². The summed E-state index contributed by atoms with van der Waals surface area (Å²) >= 11 is 0. The van der Waals surface area contributed by atoms with Crippen LogP contribution in [0.15, 0.2) is 101 Å². The van der Waals surface area contributed by atoms with E-state index in [0.29, 0.717) is 57.0 Å². The van der Waals surface area contributed by atoms with E-state index < -0.39 is 11.9 Å². The van der Waals surface area contributed by atoms with Gasteiger partial charge in [0.25, 0.3) is 0 Å². The van der Waals surface area contributed by atoms with Crippen LogP contribution in [0.4, 0.5) is 0 Å². The number of rotatable bonds is 12. The van der Waals surface area contributed by atoms with E-state index in [1.54, 1.807) is 97.1 Å². The molecule has 0 fully saturated rings. The lowest BCUT2D eigenvalue weighted by atomic mass is 10.2. The van der Waals surface area contributed by atoms with Gasteiger partial charge in [0.05, 0.1) is 23.3 Å². The molecule has 2 unspecified atom stereocenters. The number of aromatic nitrogens is 2. The molecule has 2 atom stereocenters. The first-order valence-corrected chi connectivity index (χ1v) is 14.8. The summed E-state index contributed by atoms with van der Waals surface area (Å²) in [6, 6.07) is 27.3. The van der Waals surface area contributed by atoms with Gasteiger partial charge in [0.2, 0.25) is 11.8 Å². The average molecular weight is 607 g/mol. The number of carbonyl (C=O) groups is 2. The Morgan fingerprint density at radius 3 is 1.22 bits per heavy atom. The fraction of sp³-hybridized carbons (Fsp3) is 0.222. The highest BCUT2D eigenvalue weighted by Gasteiger charge is 2.14. The minimum absolute atomic E-state index is 0.0959. The van der Waals surface area contributed by atoms with E-state index in [0.717, 1.165) is 12.8 Å². The smallest absolute Gasteiger partial charge is 0.343 e. The predicted molar refractivity (Wildman–Crippen MR) is 169 cm³/mol. The highest BCUT2D eigenvalue weighted by Crippen LogP contribution is 2.27. The largest absolute Gasteiger partial charge is 0.491 e. The summed E-state index contributed by atoms with van der Waals surface area (Å²) in [4.78, 5) is 25.2. The molecular formula is C36H34N2O7. The van der Waals surface area contributed by atoms with Gasteiger partial charge in [-0.3, -0.25) is 0 Å². The lowest BCUT2D eigenvalue weighted by molar-refractivity contribution is 0.0725. The topological polar surface area (TPSA) is 110 Å². The van der Waals surface area contributed by atoms with E-state index in [1.165, 1.54) is 0 Å². The molecule has 5 rings (SSSR count). The molecule has 0 saturated carbocycles. The highest BCUT2D eigenvalue weighted by molar-refractivity contribution is 5.91. The zero-order chi connectivity index (χ0) is 31.8. The van der Waals surface area contributed by atoms with Crippen molar-refractivity contribution in [1.29, 1.82) is 0 Å². The van der Waals surface area contributed by atoms with E-state index >= 15 is 0 Å². The molecule has 230 valence electrons. The molecule has 0 aliphatic rings. The number of hydrogen-bond donors (Lipinski definition) is 0. The number of esters is 2. The van der Waals surface area contributed by atoms with E-state index in [4.69, 9.17) is 23.4 Å². The van der Waals surface area contributed by atoms with Crippen LogP contribution in [0.5, 0.6) is 23.0 Å². The van der Waals surface area contributed by atoms with Crippen LogP contribution in [0, 0.1) is 0 Å². The van der Waals surface area contributed by atoms with Crippen LogP contribution in [0.1, 0.15) is 61.3 Å². The van der Waals surface area contributed by atoms with Crippen molar-refractivity contribution < 1.29 is 33.0 Å². The Kier molecular flexibility index (Phi) is 9.89. The van der Waals surface area contributed by atoms with Gasteiger partial charge in [0.15, 0.2) is 0 Å². The summed E-state index contributed by atoms with van der Waals surface area (Å²) < 4.78 is 28.4. The maximum atomic E-state index is 12.6. The Morgan fingerprint density at radius 2 is 0.889 bits per heavy atom. The summed E-state index contributed by atoms with van der Waals surface area (Å²) in [5.41, 5.74) is 2.15. The number of benzene rings is 4. The monoisotopic (exact) mass is 606 g/mol. The van der Waals surface area contributed by atoms with Crippen LogP contribution in [0.3, 0.4) is 0 Å². The lowest BCUT2D eigenvalue weighted by Crippen LogP contribution is -2.11. The van der Waals surface area contributed by atoms with Gasteiger partial charge in [0.1, 0.15) is 23.0 Å². The molecular weight excluding hydrogens is 572 g/mol. The SMILES string of the molecule is CCC(C)Oc1ccc(C(=O)Oc2ccc(-c3nnc(-c4ccc(OC(=O)c5ccc(OC(C)CC)cc5)cc4)o3)cc2)cc1. The maximum Gasteiger partial charge on any atom is 0.343 e. The molecule has 0 aliphatic heterocycles. The number of ether oxygens (including phenoxy) is 4. The van der Waals surface area contributed by atoms with Crippen molar-refractivity contribution in [2.75, 3.05) is 0 Å². The molecule has 0 spiro atoms. The molecule has 5 aromatic rings. The van der Waals surface area contributed by atoms with Crippen molar-refractivity contribution in [1.82, 2.24) is 10.2 Å². The standard InChI is InChI=1S/C36H34N2O7/c1-5-23(3)41-29-19-11-27(12-20-29)35(39)43-31-15-7-25(8-16-31)33-37-38-34(45-33)26-9-17-32(18-10-26)44-36(40)28-13-21-30(22-14-28)42-24(4)6-2/h7-24H,5-6H2,1-4H3. The molecule has 0 radical (unpaired) electrons. The van der Waals surface area contributed by atoms with Crippen LogP contribution in [-0.4, -0.2) is 34.3 Å². The minimum Gasteiger partial charge on any atom is -0.491 e. The molecule has 9 nitrogen and oxygen atoms in total. The summed E-state index contributed by atoms with van der Waals surface area (Å²) in [5.74, 6) is 1.82. The van der Waals surface area contributed by atoms with Crippen molar-refractivity contribution >= 4 is 11.9 Å². The second-order valence-corrected chi connectivity index (χ2v) is 10.5. The molecule has 4 aromatic carbocycles.